The molecule has 0 saturated carbocycles. The molecule has 0 spiro atoms. The van der Waals surface area contributed by atoms with Crippen molar-refractivity contribution in [2.24, 2.45) is 5.92 Å². The first-order chi connectivity index (χ1) is 8.74. The first-order valence-electron chi connectivity index (χ1n) is 6.86. The number of carbonyl (C=O) groups is 1. The second-order valence-electron chi connectivity index (χ2n) is 5.36. The zero-order chi connectivity index (χ0) is 13.0. The zero-order valence-corrected chi connectivity index (χ0v) is 11.2. The lowest BCUT2D eigenvalue weighted by molar-refractivity contribution is -0.130. The normalized spacial score (nSPS) is 27.1. The Labute approximate surface area is 109 Å². The minimum atomic E-state index is 0.134. The summed E-state index contributed by atoms with van der Waals surface area (Å²) >= 11 is 0. The van der Waals surface area contributed by atoms with Crippen LogP contribution in [0.15, 0.2) is 0 Å². The van der Waals surface area contributed by atoms with Crippen molar-refractivity contribution in [3.8, 4) is 0 Å². The van der Waals surface area contributed by atoms with E-state index < -0.39 is 0 Å². The number of carbonyl (C=O) groups excluding carboxylic acids is 1. The number of piperidine rings is 1. The van der Waals surface area contributed by atoms with Crippen LogP contribution in [0.25, 0.3) is 0 Å². The van der Waals surface area contributed by atoms with Crippen molar-refractivity contribution in [2.75, 3.05) is 46.5 Å². The van der Waals surface area contributed by atoms with Crippen molar-refractivity contribution in [1.82, 2.24) is 9.80 Å². The summed E-state index contributed by atoms with van der Waals surface area (Å²) in [5.41, 5.74) is 0. The highest BCUT2D eigenvalue weighted by atomic mass is 16.5. The van der Waals surface area contributed by atoms with Crippen LogP contribution >= 0.6 is 0 Å². The summed E-state index contributed by atoms with van der Waals surface area (Å²) in [4.78, 5) is 16.3. The van der Waals surface area contributed by atoms with E-state index in [1.165, 1.54) is 0 Å². The number of methoxy groups -OCH3 is 1. The molecule has 0 aromatic rings. The molecule has 0 aliphatic carbocycles. The van der Waals surface area contributed by atoms with Crippen LogP contribution in [0, 0.1) is 5.92 Å². The largest absolute Gasteiger partial charge is 0.396 e. The molecule has 0 bridgehead atoms. The molecule has 104 valence electrons. The fourth-order valence-corrected chi connectivity index (χ4v) is 2.96. The third kappa shape index (κ3) is 3.22. The van der Waals surface area contributed by atoms with Gasteiger partial charge in [0.25, 0.3) is 0 Å². The smallest absolute Gasteiger partial charge is 0.223 e. The third-order valence-corrected chi connectivity index (χ3v) is 4.11. The Balaban J connectivity index is 1.77. The van der Waals surface area contributed by atoms with Gasteiger partial charge in [0, 0.05) is 58.3 Å². The average Bonchev–Trinajstić information content (AvgIpc) is 2.78. The first kappa shape index (κ1) is 13.8. The summed E-state index contributed by atoms with van der Waals surface area (Å²) in [6.07, 6.45) is 2.63. The molecule has 0 aromatic heterocycles. The molecule has 5 heteroatoms. The lowest BCUT2D eigenvalue weighted by Gasteiger charge is -2.36. The Hall–Kier alpha value is -0.650. The van der Waals surface area contributed by atoms with Crippen molar-refractivity contribution >= 4 is 5.91 Å². The molecule has 2 rings (SSSR count). The van der Waals surface area contributed by atoms with Gasteiger partial charge < -0.3 is 19.6 Å². The van der Waals surface area contributed by atoms with Crippen LogP contribution in [0.3, 0.4) is 0 Å². The number of amides is 1. The minimum Gasteiger partial charge on any atom is -0.396 e. The van der Waals surface area contributed by atoms with Gasteiger partial charge in [0.2, 0.25) is 5.91 Å². The van der Waals surface area contributed by atoms with E-state index in [2.05, 4.69) is 4.90 Å². The van der Waals surface area contributed by atoms with E-state index >= 15 is 0 Å². The molecule has 0 aromatic carbocycles. The van der Waals surface area contributed by atoms with E-state index in [9.17, 15) is 4.79 Å². The van der Waals surface area contributed by atoms with Gasteiger partial charge in [-0.05, 0) is 12.8 Å². The maximum atomic E-state index is 11.9. The van der Waals surface area contributed by atoms with Crippen molar-refractivity contribution in [3.05, 3.63) is 0 Å². The van der Waals surface area contributed by atoms with Gasteiger partial charge in [0.05, 0.1) is 6.61 Å². The van der Waals surface area contributed by atoms with Crippen LogP contribution < -0.4 is 0 Å². The van der Waals surface area contributed by atoms with Crippen molar-refractivity contribution < 1.29 is 14.6 Å². The summed E-state index contributed by atoms with van der Waals surface area (Å²) in [7, 11) is 1.73. The average molecular weight is 256 g/mol. The maximum Gasteiger partial charge on any atom is 0.223 e. The molecule has 0 radical (unpaired) electrons. The van der Waals surface area contributed by atoms with Gasteiger partial charge in [0.1, 0.15) is 0 Å². The van der Waals surface area contributed by atoms with E-state index in [0.717, 1.165) is 45.6 Å². The molecule has 5 nitrogen and oxygen atoms in total. The molecule has 1 atom stereocenters. The van der Waals surface area contributed by atoms with E-state index in [4.69, 9.17) is 9.84 Å². The fourth-order valence-electron chi connectivity index (χ4n) is 2.96. The monoisotopic (exact) mass is 256 g/mol. The van der Waals surface area contributed by atoms with Gasteiger partial charge in [-0.3, -0.25) is 4.79 Å². The highest BCUT2D eigenvalue weighted by molar-refractivity contribution is 5.79. The molecule has 2 heterocycles. The van der Waals surface area contributed by atoms with Crippen molar-refractivity contribution in [3.63, 3.8) is 0 Å². The number of likely N-dealkylation sites (tertiary alicyclic amines) is 2. The van der Waals surface area contributed by atoms with Crippen LogP contribution in [0.1, 0.15) is 19.3 Å². The standard InChI is InChI=1S/C13H24N2O3/c1-18-7-6-14-4-2-12(3-5-14)15-9-11(10-16)8-13(15)17/h11-12,16H,2-10H2,1H3. The zero-order valence-electron chi connectivity index (χ0n) is 11.2. The van der Waals surface area contributed by atoms with Crippen LogP contribution in [-0.4, -0.2) is 73.4 Å². The molecule has 1 N–H and O–H groups in total. The predicted molar refractivity (Wildman–Crippen MR) is 68.2 cm³/mol. The first-order valence-corrected chi connectivity index (χ1v) is 6.86. The summed E-state index contributed by atoms with van der Waals surface area (Å²) < 4.78 is 5.08. The molecule has 18 heavy (non-hydrogen) atoms. The Morgan fingerprint density at radius 3 is 2.67 bits per heavy atom. The van der Waals surface area contributed by atoms with Gasteiger partial charge in [-0.1, -0.05) is 0 Å². The third-order valence-electron chi connectivity index (χ3n) is 4.11. The second-order valence-corrected chi connectivity index (χ2v) is 5.36. The number of aliphatic hydroxyl groups excluding tert-OH is 1. The Morgan fingerprint density at radius 2 is 2.11 bits per heavy atom. The fraction of sp³-hybridized carbons (Fsp3) is 0.923. The molecule has 1 amide bonds. The number of nitrogens with zero attached hydrogens (tertiary/aromatic N) is 2. The van der Waals surface area contributed by atoms with Gasteiger partial charge in [-0.15, -0.1) is 0 Å². The highest BCUT2D eigenvalue weighted by Crippen LogP contribution is 2.25. The summed E-state index contributed by atoms with van der Waals surface area (Å²) in [6, 6.07) is 0.382. The maximum absolute atomic E-state index is 11.9. The summed E-state index contributed by atoms with van der Waals surface area (Å²) in [6.45, 7) is 4.73. The van der Waals surface area contributed by atoms with Crippen LogP contribution in [-0.2, 0) is 9.53 Å². The molecule has 2 aliphatic rings. The van der Waals surface area contributed by atoms with E-state index in [0.29, 0.717) is 12.5 Å². The molecule has 2 aliphatic heterocycles. The van der Waals surface area contributed by atoms with E-state index in [1.807, 2.05) is 4.90 Å². The van der Waals surface area contributed by atoms with Gasteiger partial charge in [-0.25, -0.2) is 0 Å². The minimum absolute atomic E-state index is 0.134. The number of hydrogen-bond donors (Lipinski definition) is 1. The number of hydrogen-bond acceptors (Lipinski definition) is 4. The summed E-state index contributed by atoms with van der Waals surface area (Å²) in [5, 5.41) is 9.14. The van der Waals surface area contributed by atoms with Crippen LogP contribution in [0.4, 0.5) is 0 Å². The van der Waals surface area contributed by atoms with E-state index in [1.54, 1.807) is 7.11 Å². The molecule has 2 saturated heterocycles. The topological polar surface area (TPSA) is 53.0 Å². The van der Waals surface area contributed by atoms with Gasteiger partial charge in [0.15, 0.2) is 0 Å². The van der Waals surface area contributed by atoms with E-state index in [-0.39, 0.29) is 18.4 Å². The quantitative estimate of drug-likeness (QED) is 0.748. The highest BCUT2D eigenvalue weighted by Gasteiger charge is 2.35. The number of ether oxygens (including phenoxy) is 1. The SMILES string of the molecule is COCCN1CCC(N2CC(CO)CC2=O)CC1. The van der Waals surface area contributed by atoms with Crippen LogP contribution in [0.2, 0.25) is 0 Å². The van der Waals surface area contributed by atoms with Gasteiger partial charge >= 0.3 is 0 Å². The molecular weight excluding hydrogens is 232 g/mol. The Bertz CT molecular complexity index is 277. The molecular formula is C13H24N2O3. The van der Waals surface area contributed by atoms with Crippen molar-refractivity contribution in [1.29, 1.82) is 0 Å². The van der Waals surface area contributed by atoms with Crippen molar-refractivity contribution in [2.45, 2.75) is 25.3 Å². The number of aliphatic hydroxyl groups is 1. The van der Waals surface area contributed by atoms with Gasteiger partial charge in [-0.2, -0.15) is 0 Å². The lowest BCUT2D eigenvalue weighted by Crippen LogP contribution is -2.46. The number of rotatable bonds is 5. The molecule has 1 unspecified atom stereocenters. The molecule has 2 fully saturated rings. The second kappa shape index (κ2) is 6.50. The lowest BCUT2D eigenvalue weighted by atomic mass is 10.0. The van der Waals surface area contributed by atoms with Crippen LogP contribution in [0.5, 0.6) is 0 Å². The summed E-state index contributed by atoms with van der Waals surface area (Å²) in [5.74, 6) is 0.383. The predicted octanol–water partition coefficient (Wildman–Crippen LogP) is -0.0620. The Morgan fingerprint density at radius 1 is 1.39 bits per heavy atom. The Kier molecular flexibility index (Phi) is 4.97.